The van der Waals surface area contributed by atoms with Crippen molar-refractivity contribution in [3.63, 3.8) is 0 Å². The number of halogens is 1. The Bertz CT molecular complexity index is 591. The first-order chi connectivity index (χ1) is 9.72. The molecule has 3 heteroatoms. The van der Waals surface area contributed by atoms with Crippen LogP contribution in [0.2, 0.25) is 5.02 Å². The molecule has 2 nitrogen and oxygen atoms in total. The van der Waals surface area contributed by atoms with Gasteiger partial charge in [0.2, 0.25) is 0 Å². The van der Waals surface area contributed by atoms with Gasteiger partial charge < -0.3 is 9.47 Å². The summed E-state index contributed by atoms with van der Waals surface area (Å²) in [7, 11) is 0. The van der Waals surface area contributed by atoms with Gasteiger partial charge in [-0.25, -0.2) is 0 Å². The average molecular weight is 289 g/mol. The van der Waals surface area contributed by atoms with Crippen LogP contribution in [0.15, 0.2) is 42.5 Å². The van der Waals surface area contributed by atoms with Gasteiger partial charge >= 0.3 is 0 Å². The molecule has 2 aromatic carbocycles. The van der Waals surface area contributed by atoms with Crippen molar-refractivity contribution in [2.75, 3.05) is 6.61 Å². The van der Waals surface area contributed by atoms with E-state index in [1.165, 1.54) is 0 Å². The van der Waals surface area contributed by atoms with Crippen molar-refractivity contribution >= 4 is 11.6 Å². The highest BCUT2D eigenvalue weighted by Crippen LogP contribution is 2.31. The van der Waals surface area contributed by atoms with Gasteiger partial charge in [0.1, 0.15) is 12.4 Å². The molecule has 0 spiro atoms. The van der Waals surface area contributed by atoms with Crippen LogP contribution in [0.3, 0.4) is 0 Å². The Labute approximate surface area is 124 Å². The summed E-state index contributed by atoms with van der Waals surface area (Å²) in [5.41, 5.74) is 3.37. The second-order valence-corrected chi connectivity index (χ2v) is 5.58. The number of epoxide rings is 1. The normalized spacial score (nSPS) is 17.0. The summed E-state index contributed by atoms with van der Waals surface area (Å²) in [5, 5.41) is 0.755. The Morgan fingerprint density at radius 1 is 1.25 bits per heavy atom. The maximum Gasteiger partial charge on any atom is 0.126 e. The van der Waals surface area contributed by atoms with Gasteiger partial charge in [-0.05, 0) is 35.7 Å². The number of hydrogen-bond acceptors (Lipinski definition) is 2. The van der Waals surface area contributed by atoms with Gasteiger partial charge in [0.05, 0.1) is 12.7 Å². The first kappa shape index (κ1) is 13.5. The fourth-order valence-electron chi connectivity index (χ4n) is 2.32. The highest BCUT2D eigenvalue weighted by Gasteiger charge is 2.25. The van der Waals surface area contributed by atoms with Crippen molar-refractivity contribution in [3.05, 3.63) is 64.2 Å². The third-order valence-corrected chi connectivity index (χ3v) is 3.61. The fraction of sp³-hybridized carbons (Fsp3) is 0.294. The molecule has 1 aliphatic heterocycles. The lowest BCUT2D eigenvalue weighted by Crippen LogP contribution is -2.03. The predicted molar refractivity (Wildman–Crippen MR) is 80.4 cm³/mol. The van der Waals surface area contributed by atoms with Crippen LogP contribution in [0.25, 0.3) is 0 Å². The second-order valence-electron chi connectivity index (χ2n) is 5.14. The maximum atomic E-state index is 6.15. The van der Waals surface area contributed by atoms with Crippen molar-refractivity contribution in [1.82, 2.24) is 0 Å². The SMILES string of the molecule is Cc1cc(Cl)cc(C[C@@H]2CO2)c1OCc1ccccc1. The van der Waals surface area contributed by atoms with Gasteiger partial charge in [-0.1, -0.05) is 41.9 Å². The molecule has 0 amide bonds. The van der Waals surface area contributed by atoms with Gasteiger partial charge in [-0.2, -0.15) is 0 Å². The van der Waals surface area contributed by atoms with Crippen LogP contribution in [0.1, 0.15) is 16.7 Å². The lowest BCUT2D eigenvalue weighted by Gasteiger charge is -2.14. The van der Waals surface area contributed by atoms with E-state index in [0.717, 1.165) is 40.5 Å². The van der Waals surface area contributed by atoms with E-state index in [1.54, 1.807) is 0 Å². The topological polar surface area (TPSA) is 21.8 Å². The molecule has 0 bridgehead atoms. The fourth-order valence-corrected chi connectivity index (χ4v) is 2.61. The highest BCUT2D eigenvalue weighted by atomic mass is 35.5. The summed E-state index contributed by atoms with van der Waals surface area (Å²) >= 11 is 6.15. The molecular weight excluding hydrogens is 272 g/mol. The number of rotatable bonds is 5. The number of aryl methyl sites for hydroxylation is 1. The Morgan fingerprint density at radius 3 is 2.70 bits per heavy atom. The monoisotopic (exact) mass is 288 g/mol. The molecule has 1 saturated heterocycles. The summed E-state index contributed by atoms with van der Waals surface area (Å²) in [6.45, 7) is 3.44. The quantitative estimate of drug-likeness (QED) is 0.770. The highest BCUT2D eigenvalue weighted by molar-refractivity contribution is 6.30. The molecular formula is C17H17ClO2. The van der Waals surface area contributed by atoms with Crippen LogP contribution < -0.4 is 4.74 Å². The van der Waals surface area contributed by atoms with E-state index in [0.29, 0.717) is 12.7 Å². The average Bonchev–Trinajstić information content (AvgIpc) is 3.23. The molecule has 104 valence electrons. The molecule has 3 rings (SSSR count). The van der Waals surface area contributed by atoms with Gasteiger partial charge in [-0.3, -0.25) is 0 Å². The molecule has 20 heavy (non-hydrogen) atoms. The summed E-state index contributed by atoms with van der Waals surface area (Å²) in [6.07, 6.45) is 1.19. The molecule has 1 fully saturated rings. The standard InChI is InChI=1S/C17H17ClO2/c1-12-7-15(18)8-14(9-16-11-19-16)17(12)20-10-13-5-3-2-4-6-13/h2-8,16H,9-11H2,1H3/t16-/m1/s1. The molecule has 1 heterocycles. The number of ether oxygens (including phenoxy) is 2. The van der Waals surface area contributed by atoms with Crippen LogP contribution in [-0.4, -0.2) is 12.7 Å². The Balaban J connectivity index is 1.79. The minimum absolute atomic E-state index is 0.326. The minimum atomic E-state index is 0.326. The molecule has 0 aliphatic carbocycles. The van der Waals surface area contributed by atoms with Crippen molar-refractivity contribution in [2.45, 2.75) is 26.1 Å². The van der Waals surface area contributed by atoms with Crippen molar-refractivity contribution in [3.8, 4) is 5.75 Å². The van der Waals surface area contributed by atoms with E-state index in [9.17, 15) is 0 Å². The molecule has 0 saturated carbocycles. The summed E-state index contributed by atoms with van der Waals surface area (Å²) in [4.78, 5) is 0. The van der Waals surface area contributed by atoms with Crippen molar-refractivity contribution in [2.24, 2.45) is 0 Å². The third kappa shape index (κ3) is 3.33. The zero-order valence-corrected chi connectivity index (χ0v) is 12.2. The molecule has 0 aromatic heterocycles. The van der Waals surface area contributed by atoms with Crippen LogP contribution >= 0.6 is 11.6 Å². The first-order valence-corrected chi connectivity index (χ1v) is 7.17. The van der Waals surface area contributed by atoms with E-state index in [-0.39, 0.29) is 0 Å². The van der Waals surface area contributed by atoms with Crippen LogP contribution in [0.5, 0.6) is 5.75 Å². The van der Waals surface area contributed by atoms with Crippen molar-refractivity contribution in [1.29, 1.82) is 0 Å². The zero-order valence-electron chi connectivity index (χ0n) is 11.4. The van der Waals surface area contributed by atoms with Gasteiger partial charge in [-0.15, -0.1) is 0 Å². The van der Waals surface area contributed by atoms with E-state index < -0.39 is 0 Å². The lowest BCUT2D eigenvalue weighted by molar-refractivity contribution is 0.299. The van der Waals surface area contributed by atoms with E-state index in [1.807, 2.05) is 37.3 Å². The summed E-state index contributed by atoms with van der Waals surface area (Å²) in [6, 6.07) is 14.1. The molecule has 1 atom stereocenters. The van der Waals surface area contributed by atoms with Gasteiger partial charge in [0.15, 0.2) is 0 Å². The van der Waals surface area contributed by atoms with Crippen LogP contribution in [0.4, 0.5) is 0 Å². The van der Waals surface area contributed by atoms with Crippen molar-refractivity contribution < 1.29 is 9.47 Å². The predicted octanol–water partition coefficient (Wildman–Crippen LogP) is 4.17. The maximum absolute atomic E-state index is 6.15. The largest absolute Gasteiger partial charge is 0.488 e. The van der Waals surface area contributed by atoms with Gasteiger partial charge in [0.25, 0.3) is 0 Å². The molecule has 2 aromatic rings. The molecule has 0 radical (unpaired) electrons. The summed E-state index contributed by atoms with van der Waals surface area (Å²) < 4.78 is 11.3. The lowest BCUT2D eigenvalue weighted by atomic mass is 10.1. The second kappa shape index (κ2) is 5.86. The third-order valence-electron chi connectivity index (χ3n) is 3.39. The zero-order chi connectivity index (χ0) is 13.9. The number of hydrogen-bond donors (Lipinski definition) is 0. The smallest absolute Gasteiger partial charge is 0.126 e. The number of benzene rings is 2. The van der Waals surface area contributed by atoms with Crippen LogP contribution in [0, 0.1) is 6.92 Å². The summed E-state index contributed by atoms with van der Waals surface area (Å²) in [5.74, 6) is 0.939. The molecule has 1 aliphatic rings. The van der Waals surface area contributed by atoms with E-state index in [4.69, 9.17) is 21.1 Å². The first-order valence-electron chi connectivity index (χ1n) is 6.80. The van der Waals surface area contributed by atoms with E-state index >= 15 is 0 Å². The Hall–Kier alpha value is -1.51. The Morgan fingerprint density at radius 2 is 2.00 bits per heavy atom. The van der Waals surface area contributed by atoms with E-state index in [2.05, 4.69) is 12.1 Å². The molecule has 0 unspecified atom stereocenters. The van der Waals surface area contributed by atoms with Crippen LogP contribution in [-0.2, 0) is 17.8 Å². The minimum Gasteiger partial charge on any atom is -0.488 e. The molecule has 0 N–H and O–H groups in total. The van der Waals surface area contributed by atoms with Gasteiger partial charge in [0, 0.05) is 11.4 Å². The Kier molecular flexibility index (Phi) is 3.95.